The maximum absolute atomic E-state index is 11.8. The summed E-state index contributed by atoms with van der Waals surface area (Å²) < 4.78 is 3.12. The first kappa shape index (κ1) is 11.3. The van der Waals surface area contributed by atoms with Crippen molar-refractivity contribution in [3.8, 4) is 0 Å². The quantitative estimate of drug-likeness (QED) is 0.742. The number of pyridine rings is 1. The Bertz CT molecular complexity index is 517. The first-order valence-corrected chi connectivity index (χ1v) is 6.60. The molecule has 16 heavy (non-hydrogen) atoms. The zero-order chi connectivity index (χ0) is 11.4. The minimum Gasteiger partial charge on any atom is -0.250 e. The lowest BCUT2D eigenvalue weighted by Gasteiger charge is -1.98. The van der Waals surface area contributed by atoms with Crippen LogP contribution in [0.1, 0.15) is 13.3 Å². The Morgan fingerprint density at radius 1 is 1.44 bits per heavy atom. The van der Waals surface area contributed by atoms with Gasteiger partial charge in [0.25, 0.3) is 0 Å². The van der Waals surface area contributed by atoms with Crippen molar-refractivity contribution >= 4 is 17.4 Å². The van der Waals surface area contributed by atoms with Gasteiger partial charge in [0.1, 0.15) is 0 Å². The van der Waals surface area contributed by atoms with Crippen molar-refractivity contribution in [1.29, 1.82) is 0 Å². The molecule has 2 heterocycles. The monoisotopic (exact) mass is 237 g/mol. The fraction of sp³-hybridized carbons (Fsp3) is 0.455. The number of hydrogen-bond acceptors (Lipinski definition) is 3. The van der Waals surface area contributed by atoms with Crippen molar-refractivity contribution < 1.29 is 0 Å². The van der Waals surface area contributed by atoms with Crippen LogP contribution in [0.4, 0.5) is 0 Å². The molecule has 2 aromatic rings. The van der Waals surface area contributed by atoms with Gasteiger partial charge in [-0.2, -0.15) is 11.8 Å². The Morgan fingerprint density at radius 3 is 3.06 bits per heavy atom. The minimum absolute atomic E-state index is 0.0444. The van der Waals surface area contributed by atoms with Crippen LogP contribution in [0, 0.1) is 0 Å². The normalized spacial score (nSPS) is 11.1. The van der Waals surface area contributed by atoms with Crippen LogP contribution in [0.3, 0.4) is 0 Å². The molecule has 2 aromatic heterocycles. The van der Waals surface area contributed by atoms with Gasteiger partial charge >= 0.3 is 5.69 Å². The highest BCUT2D eigenvalue weighted by atomic mass is 32.2. The van der Waals surface area contributed by atoms with Crippen molar-refractivity contribution in [2.24, 2.45) is 0 Å². The van der Waals surface area contributed by atoms with Crippen molar-refractivity contribution in [2.45, 2.75) is 19.9 Å². The van der Waals surface area contributed by atoms with Gasteiger partial charge in [0, 0.05) is 12.7 Å². The van der Waals surface area contributed by atoms with E-state index in [-0.39, 0.29) is 5.69 Å². The Kier molecular flexibility index (Phi) is 3.66. The number of rotatable bonds is 5. The van der Waals surface area contributed by atoms with Crippen LogP contribution in [-0.2, 0) is 6.54 Å². The number of fused-ring (bicyclic) bond motifs is 1. The SMILES string of the molecule is CCSCCCn1nc2ccccn2c1=O. The predicted octanol–water partition coefficient (Wildman–Crippen LogP) is 1.64. The fourth-order valence-corrected chi connectivity index (χ4v) is 2.20. The second-order valence-electron chi connectivity index (χ2n) is 3.49. The number of aromatic nitrogens is 3. The third kappa shape index (κ3) is 2.29. The standard InChI is InChI=1S/C11H15N3OS/c1-2-16-9-5-8-14-11(15)13-7-4-3-6-10(13)12-14/h3-4,6-7H,2,5,8-9H2,1H3. The van der Waals surface area contributed by atoms with Gasteiger partial charge in [-0.25, -0.2) is 9.48 Å². The number of nitrogens with zero attached hydrogens (tertiary/aromatic N) is 3. The molecule has 0 atom stereocenters. The summed E-state index contributed by atoms with van der Waals surface area (Å²) in [6, 6.07) is 5.57. The molecule has 0 fully saturated rings. The van der Waals surface area contributed by atoms with E-state index in [1.807, 2.05) is 30.0 Å². The summed E-state index contributed by atoms with van der Waals surface area (Å²) in [6.07, 6.45) is 2.74. The fourth-order valence-electron chi connectivity index (χ4n) is 1.57. The predicted molar refractivity (Wildman–Crippen MR) is 67.1 cm³/mol. The van der Waals surface area contributed by atoms with E-state index >= 15 is 0 Å². The molecular formula is C11H15N3OS. The number of hydrogen-bond donors (Lipinski definition) is 0. The van der Waals surface area contributed by atoms with Gasteiger partial charge in [-0.05, 0) is 30.1 Å². The van der Waals surface area contributed by atoms with Crippen LogP contribution in [0.5, 0.6) is 0 Å². The van der Waals surface area contributed by atoms with Gasteiger partial charge in [0.15, 0.2) is 5.65 Å². The largest absolute Gasteiger partial charge is 0.350 e. The highest BCUT2D eigenvalue weighted by molar-refractivity contribution is 7.99. The Hall–Kier alpha value is -1.23. The van der Waals surface area contributed by atoms with Crippen LogP contribution >= 0.6 is 11.8 Å². The summed E-state index contributed by atoms with van der Waals surface area (Å²) in [6.45, 7) is 2.84. The van der Waals surface area contributed by atoms with Gasteiger partial charge < -0.3 is 0 Å². The number of aryl methyl sites for hydroxylation is 1. The molecule has 86 valence electrons. The zero-order valence-electron chi connectivity index (χ0n) is 9.30. The van der Waals surface area contributed by atoms with Gasteiger partial charge in [-0.3, -0.25) is 4.40 Å². The first-order chi connectivity index (χ1) is 7.83. The molecule has 0 aliphatic rings. The van der Waals surface area contributed by atoms with E-state index in [9.17, 15) is 4.79 Å². The molecule has 5 heteroatoms. The molecule has 0 saturated heterocycles. The summed E-state index contributed by atoms with van der Waals surface area (Å²) >= 11 is 1.89. The van der Waals surface area contributed by atoms with Crippen molar-refractivity contribution in [3.63, 3.8) is 0 Å². The molecule has 0 radical (unpaired) electrons. The molecule has 0 N–H and O–H groups in total. The average Bonchev–Trinajstić information content (AvgIpc) is 2.63. The van der Waals surface area contributed by atoms with E-state index in [2.05, 4.69) is 12.0 Å². The van der Waals surface area contributed by atoms with Crippen LogP contribution in [0.15, 0.2) is 29.2 Å². The molecule has 0 aromatic carbocycles. The molecule has 0 aliphatic carbocycles. The van der Waals surface area contributed by atoms with Gasteiger partial charge in [-0.15, -0.1) is 5.10 Å². The lowest BCUT2D eigenvalue weighted by molar-refractivity contribution is 0.585. The third-order valence-corrected chi connectivity index (χ3v) is 3.34. The van der Waals surface area contributed by atoms with Crippen LogP contribution in [-0.4, -0.2) is 25.7 Å². The van der Waals surface area contributed by atoms with E-state index in [4.69, 9.17) is 0 Å². The molecule has 0 saturated carbocycles. The third-order valence-electron chi connectivity index (χ3n) is 2.35. The van der Waals surface area contributed by atoms with Crippen molar-refractivity contribution in [2.75, 3.05) is 11.5 Å². The Morgan fingerprint density at radius 2 is 2.31 bits per heavy atom. The van der Waals surface area contributed by atoms with Gasteiger partial charge in [0.05, 0.1) is 0 Å². The summed E-state index contributed by atoms with van der Waals surface area (Å²) in [4.78, 5) is 11.8. The van der Waals surface area contributed by atoms with Crippen LogP contribution in [0.2, 0.25) is 0 Å². The van der Waals surface area contributed by atoms with Gasteiger partial charge in [-0.1, -0.05) is 13.0 Å². The van der Waals surface area contributed by atoms with E-state index in [1.54, 1.807) is 15.3 Å². The molecule has 0 amide bonds. The molecule has 0 bridgehead atoms. The topological polar surface area (TPSA) is 39.3 Å². The zero-order valence-corrected chi connectivity index (χ0v) is 10.1. The second kappa shape index (κ2) is 5.21. The molecular weight excluding hydrogens is 222 g/mol. The second-order valence-corrected chi connectivity index (χ2v) is 4.88. The molecule has 0 aliphatic heterocycles. The molecule has 4 nitrogen and oxygen atoms in total. The summed E-state index contributed by atoms with van der Waals surface area (Å²) in [5.74, 6) is 2.21. The Labute approximate surface area is 98.3 Å². The van der Waals surface area contributed by atoms with E-state index in [0.29, 0.717) is 6.54 Å². The van der Waals surface area contributed by atoms with Gasteiger partial charge in [0.2, 0.25) is 0 Å². The van der Waals surface area contributed by atoms with E-state index < -0.39 is 0 Å². The summed E-state index contributed by atoms with van der Waals surface area (Å²) in [5.41, 5.74) is 0.674. The highest BCUT2D eigenvalue weighted by Crippen LogP contribution is 2.02. The average molecular weight is 237 g/mol. The van der Waals surface area contributed by atoms with Crippen LogP contribution < -0.4 is 5.69 Å². The molecule has 2 rings (SSSR count). The summed E-state index contributed by atoms with van der Waals surface area (Å²) in [7, 11) is 0. The summed E-state index contributed by atoms with van der Waals surface area (Å²) in [5, 5.41) is 4.27. The van der Waals surface area contributed by atoms with E-state index in [0.717, 1.165) is 23.6 Å². The van der Waals surface area contributed by atoms with Crippen LogP contribution in [0.25, 0.3) is 5.65 Å². The molecule has 0 unspecified atom stereocenters. The van der Waals surface area contributed by atoms with Crippen molar-refractivity contribution in [3.05, 3.63) is 34.9 Å². The highest BCUT2D eigenvalue weighted by Gasteiger charge is 2.04. The maximum Gasteiger partial charge on any atom is 0.350 e. The lowest BCUT2D eigenvalue weighted by Crippen LogP contribution is -2.21. The lowest BCUT2D eigenvalue weighted by atomic mass is 10.5. The van der Waals surface area contributed by atoms with Crippen molar-refractivity contribution in [1.82, 2.24) is 14.2 Å². The van der Waals surface area contributed by atoms with E-state index in [1.165, 1.54) is 0 Å². The smallest absolute Gasteiger partial charge is 0.250 e. The molecule has 0 spiro atoms. The number of thioether (sulfide) groups is 1. The minimum atomic E-state index is -0.0444. The Balaban J connectivity index is 2.13. The first-order valence-electron chi connectivity index (χ1n) is 5.45. The maximum atomic E-state index is 11.8.